The maximum absolute atomic E-state index is 6.14. The summed E-state index contributed by atoms with van der Waals surface area (Å²) >= 11 is 5.41. The van der Waals surface area contributed by atoms with Crippen LogP contribution in [0.15, 0.2) is 15.9 Å². The lowest BCUT2D eigenvalue weighted by molar-refractivity contribution is 0.0932. The first-order chi connectivity index (χ1) is 8.85. The van der Waals surface area contributed by atoms with Crippen LogP contribution >= 0.6 is 27.3 Å². The van der Waals surface area contributed by atoms with Gasteiger partial charge in [0.25, 0.3) is 0 Å². The third-order valence-corrected chi connectivity index (χ3v) is 6.57. The topological polar surface area (TPSA) is 26.0 Å². The molecule has 1 aromatic rings. The number of hydrogen-bond acceptors (Lipinski definition) is 2. The third-order valence-electron chi connectivity index (χ3n) is 4.88. The molecule has 2 N–H and O–H groups in total. The normalized spacial score (nSPS) is 28.6. The molecular formula is C16H26BrNS. The minimum atomic E-state index is 0.353. The van der Waals surface area contributed by atoms with Crippen molar-refractivity contribution >= 4 is 27.3 Å². The molecule has 0 atom stereocenters. The summed E-state index contributed by atoms with van der Waals surface area (Å²) in [7, 11) is 0. The van der Waals surface area contributed by atoms with E-state index in [1.54, 1.807) is 0 Å². The van der Waals surface area contributed by atoms with Crippen molar-refractivity contribution < 1.29 is 0 Å². The summed E-state index contributed by atoms with van der Waals surface area (Å²) in [4.78, 5) is 1.48. The molecule has 1 aliphatic rings. The highest BCUT2D eigenvalue weighted by atomic mass is 79.9. The highest BCUT2D eigenvalue weighted by Gasteiger charge is 2.38. The maximum atomic E-state index is 6.14. The van der Waals surface area contributed by atoms with Crippen LogP contribution in [0.3, 0.4) is 0 Å². The van der Waals surface area contributed by atoms with Crippen molar-refractivity contribution in [3.8, 4) is 0 Å². The Morgan fingerprint density at radius 3 is 2.42 bits per heavy atom. The number of nitrogens with two attached hydrogens (primary N) is 1. The van der Waals surface area contributed by atoms with E-state index in [-0.39, 0.29) is 0 Å². The van der Waals surface area contributed by atoms with E-state index >= 15 is 0 Å². The van der Waals surface area contributed by atoms with Gasteiger partial charge in [0.15, 0.2) is 0 Å². The van der Waals surface area contributed by atoms with Crippen LogP contribution in [-0.2, 0) is 6.42 Å². The largest absolute Gasteiger partial charge is 0.330 e. The predicted octanol–water partition coefficient (Wildman–Crippen LogP) is 5.23. The van der Waals surface area contributed by atoms with Crippen molar-refractivity contribution in [3.63, 3.8) is 0 Å². The number of hydrogen-bond donors (Lipinski definition) is 1. The van der Waals surface area contributed by atoms with Gasteiger partial charge in [0.1, 0.15) is 0 Å². The molecule has 1 nitrogen and oxygen atoms in total. The molecule has 0 spiro atoms. The van der Waals surface area contributed by atoms with Crippen LogP contribution < -0.4 is 5.73 Å². The van der Waals surface area contributed by atoms with Crippen molar-refractivity contribution in [2.45, 2.75) is 52.9 Å². The Morgan fingerprint density at radius 1 is 1.37 bits per heavy atom. The van der Waals surface area contributed by atoms with Gasteiger partial charge in [-0.2, -0.15) is 0 Å². The Morgan fingerprint density at radius 2 is 2.00 bits per heavy atom. The van der Waals surface area contributed by atoms with E-state index in [2.05, 4.69) is 48.1 Å². The van der Waals surface area contributed by atoms with Crippen molar-refractivity contribution in [2.24, 2.45) is 22.5 Å². The average molecular weight is 344 g/mol. The molecule has 1 aliphatic carbocycles. The molecule has 0 radical (unpaired) electrons. The molecule has 3 heteroatoms. The summed E-state index contributed by atoms with van der Waals surface area (Å²) < 4.78 is 1.21. The van der Waals surface area contributed by atoms with Gasteiger partial charge in [-0.3, -0.25) is 0 Å². The Hall–Kier alpha value is 0.140. The first kappa shape index (κ1) is 15.5. The molecule has 2 rings (SSSR count). The Kier molecular flexibility index (Phi) is 4.79. The standard InChI is InChI=1S/C16H26BrNS/c1-15(2,3)12-4-6-16(11-18,7-5-12)9-14-8-13(17)10-19-14/h8,10,12H,4-7,9,11,18H2,1-3H3. The molecule has 0 aliphatic heterocycles. The minimum Gasteiger partial charge on any atom is -0.330 e. The molecule has 19 heavy (non-hydrogen) atoms. The fourth-order valence-electron chi connectivity index (χ4n) is 3.37. The maximum Gasteiger partial charge on any atom is 0.0285 e. The molecule has 0 saturated heterocycles. The monoisotopic (exact) mass is 343 g/mol. The smallest absolute Gasteiger partial charge is 0.0285 e. The van der Waals surface area contributed by atoms with Gasteiger partial charge < -0.3 is 5.73 Å². The second-order valence-electron chi connectivity index (χ2n) is 7.25. The van der Waals surface area contributed by atoms with Gasteiger partial charge in [0.05, 0.1) is 0 Å². The average Bonchev–Trinajstić information content (AvgIpc) is 2.74. The van der Waals surface area contributed by atoms with E-state index in [1.807, 2.05) is 11.3 Å². The van der Waals surface area contributed by atoms with Gasteiger partial charge in [-0.1, -0.05) is 20.8 Å². The number of rotatable bonds is 3. The van der Waals surface area contributed by atoms with Crippen LogP contribution in [-0.4, -0.2) is 6.54 Å². The zero-order valence-corrected chi connectivity index (χ0v) is 14.7. The van der Waals surface area contributed by atoms with Crippen molar-refractivity contribution in [2.75, 3.05) is 6.54 Å². The number of thiophene rings is 1. The summed E-state index contributed by atoms with van der Waals surface area (Å²) in [5, 5.41) is 2.18. The van der Waals surface area contributed by atoms with Crippen LogP contribution in [0.1, 0.15) is 51.3 Å². The molecule has 1 saturated carbocycles. The zero-order chi connectivity index (χ0) is 14.1. The van der Waals surface area contributed by atoms with Crippen molar-refractivity contribution in [3.05, 3.63) is 20.8 Å². The van der Waals surface area contributed by atoms with Crippen molar-refractivity contribution in [1.29, 1.82) is 0 Å². The Labute approximate surface area is 130 Å². The minimum absolute atomic E-state index is 0.353. The molecule has 1 aromatic heterocycles. The Bertz CT molecular complexity index is 411. The van der Waals surface area contributed by atoms with Gasteiger partial charge in [0, 0.05) is 14.7 Å². The molecule has 1 heterocycles. The van der Waals surface area contributed by atoms with Crippen molar-refractivity contribution in [1.82, 2.24) is 0 Å². The summed E-state index contributed by atoms with van der Waals surface area (Å²) in [6.07, 6.45) is 6.43. The third kappa shape index (κ3) is 3.83. The Balaban J connectivity index is 2.02. The van der Waals surface area contributed by atoms with Gasteiger partial charge in [-0.05, 0) is 77.4 Å². The van der Waals surface area contributed by atoms with Crippen LogP contribution in [0.5, 0.6) is 0 Å². The lowest BCUT2D eigenvalue weighted by atomic mass is 9.63. The second-order valence-corrected chi connectivity index (χ2v) is 9.16. The fourth-order valence-corrected chi connectivity index (χ4v) is 4.99. The quantitative estimate of drug-likeness (QED) is 0.798. The number of halogens is 1. The molecule has 0 aromatic carbocycles. The molecule has 0 bridgehead atoms. The predicted molar refractivity (Wildman–Crippen MR) is 88.6 cm³/mol. The molecule has 108 valence electrons. The van der Waals surface area contributed by atoms with Gasteiger partial charge in [0.2, 0.25) is 0 Å². The first-order valence-corrected chi connectivity index (χ1v) is 8.95. The summed E-state index contributed by atoms with van der Waals surface area (Å²) in [6, 6.07) is 2.26. The second kappa shape index (κ2) is 5.87. The molecular weight excluding hydrogens is 318 g/mol. The van der Waals surface area contributed by atoms with E-state index in [9.17, 15) is 0 Å². The summed E-state index contributed by atoms with van der Waals surface area (Å²) in [5.41, 5.74) is 6.94. The first-order valence-electron chi connectivity index (χ1n) is 7.28. The van der Waals surface area contributed by atoms with Crippen LogP contribution in [0.4, 0.5) is 0 Å². The lowest BCUT2D eigenvalue weighted by Crippen LogP contribution is -2.39. The summed E-state index contributed by atoms with van der Waals surface area (Å²) in [6.45, 7) is 7.97. The van der Waals surface area contributed by atoms with E-state index in [4.69, 9.17) is 5.73 Å². The highest BCUT2D eigenvalue weighted by molar-refractivity contribution is 9.10. The van der Waals surface area contributed by atoms with Crippen LogP contribution in [0.2, 0.25) is 0 Å². The van der Waals surface area contributed by atoms with Crippen LogP contribution in [0.25, 0.3) is 0 Å². The molecule has 1 fully saturated rings. The van der Waals surface area contributed by atoms with Gasteiger partial charge in [-0.15, -0.1) is 11.3 Å². The van der Waals surface area contributed by atoms with E-state index in [0.29, 0.717) is 10.8 Å². The van der Waals surface area contributed by atoms with Gasteiger partial charge >= 0.3 is 0 Å². The SMILES string of the molecule is CC(C)(C)C1CCC(CN)(Cc2cc(Br)cs2)CC1. The zero-order valence-electron chi connectivity index (χ0n) is 12.3. The van der Waals surface area contributed by atoms with Gasteiger partial charge in [-0.25, -0.2) is 0 Å². The molecule has 0 unspecified atom stereocenters. The lowest BCUT2D eigenvalue weighted by Gasteiger charge is -2.43. The van der Waals surface area contributed by atoms with E-state index < -0.39 is 0 Å². The summed E-state index contributed by atoms with van der Waals surface area (Å²) in [5.74, 6) is 0.863. The fraction of sp³-hybridized carbons (Fsp3) is 0.750. The van der Waals surface area contributed by atoms with Crippen LogP contribution in [0, 0.1) is 16.7 Å². The van der Waals surface area contributed by atoms with E-state index in [0.717, 1.165) is 18.9 Å². The highest BCUT2D eigenvalue weighted by Crippen LogP contribution is 2.46. The molecule has 0 amide bonds. The van der Waals surface area contributed by atoms with E-state index in [1.165, 1.54) is 35.0 Å².